The Morgan fingerprint density at radius 1 is 1.30 bits per heavy atom. The van der Waals surface area contributed by atoms with Gasteiger partial charge in [0.2, 0.25) is 0 Å². The van der Waals surface area contributed by atoms with E-state index in [-0.39, 0.29) is 0 Å². The first-order valence-electron chi connectivity index (χ1n) is 8.58. The molecule has 0 bridgehead atoms. The summed E-state index contributed by atoms with van der Waals surface area (Å²) in [5.41, 5.74) is 8.23. The fourth-order valence-electron chi connectivity index (χ4n) is 2.96. The van der Waals surface area contributed by atoms with Crippen molar-refractivity contribution in [2.75, 3.05) is 18.9 Å². The first-order chi connectivity index (χ1) is 13.2. The summed E-state index contributed by atoms with van der Waals surface area (Å²) in [7, 11) is 6.23. The Morgan fingerprint density at radius 3 is 2.85 bits per heavy atom. The summed E-state index contributed by atoms with van der Waals surface area (Å²) in [4.78, 5) is 9.68. The van der Waals surface area contributed by atoms with Crippen molar-refractivity contribution in [3.05, 3.63) is 24.4 Å². The smallest absolute Gasteiger partial charge is 0.174 e. The highest BCUT2D eigenvalue weighted by atomic mass is 32.2. The molecule has 1 aromatic carbocycles. The number of aromatic nitrogens is 3. The van der Waals surface area contributed by atoms with Crippen LogP contribution in [-0.2, 0) is 6.54 Å². The van der Waals surface area contributed by atoms with E-state index in [0.29, 0.717) is 47.9 Å². The van der Waals surface area contributed by atoms with Gasteiger partial charge in [0.1, 0.15) is 26.6 Å². The molecule has 2 N–H and O–H groups in total. The van der Waals surface area contributed by atoms with Crippen molar-refractivity contribution in [2.24, 2.45) is 0 Å². The monoisotopic (exact) mass is 376 g/mol. The predicted octanol–water partition coefficient (Wildman–Crippen LogP) is 2.14. The lowest BCUT2D eigenvalue weighted by atomic mass is 9.95. The first kappa shape index (κ1) is 17.6. The van der Waals surface area contributed by atoms with Crippen LogP contribution >= 0.6 is 11.8 Å². The number of anilines is 1. The number of unbranched alkanes of at least 4 members (excludes halogenated alkanes) is 1. The number of ether oxygens (including phenoxy) is 2. The van der Waals surface area contributed by atoms with Gasteiger partial charge in [-0.15, -0.1) is 12.3 Å². The minimum Gasteiger partial charge on any atom is -0.486 e. The Hall–Kier alpha value is -2.79. The van der Waals surface area contributed by atoms with Crippen molar-refractivity contribution in [3.8, 4) is 23.8 Å². The lowest BCUT2D eigenvalue weighted by molar-refractivity contribution is 0.171. The van der Waals surface area contributed by atoms with E-state index in [0.717, 1.165) is 28.5 Å². The predicted molar refractivity (Wildman–Crippen MR) is 107 cm³/mol. The van der Waals surface area contributed by atoms with Crippen molar-refractivity contribution in [1.29, 1.82) is 0 Å². The van der Waals surface area contributed by atoms with Crippen LogP contribution in [0, 0.1) is 12.3 Å². The molecule has 3 heterocycles. The maximum absolute atomic E-state index is 6.23. The van der Waals surface area contributed by atoms with Gasteiger partial charge in [0.25, 0.3) is 0 Å². The molecule has 0 saturated carbocycles. The van der Waals surface area contributed by atoms with Crippen LogP contribution in [-0.4, -0.2) is 35.6 Å². The molecule has 134 valence electrons. The topological polar surface area (TPSA) is 75.2 Å². The van der Waals surface area contributed by atoms with Gasteiger partial charge in [-0.05, 0) is 24.6 Å². The molecular formula is C19H17BN4O2S. The van der Waals surface area contributed by atoms with Gasteiger partial charge in [0.15, 0.2) is 22.5 Å². The molecule has 0 amide bonds. The minimum absolute atomic E-state index is 0.403. The van der Waals surface area contributed by atoms with Crippen LogP contribution in [0.5, 0.6) is 11.5 Å². The molecule has 2 radical (unpaired) electrons. The van der Waals surface area contributed by atoms with Gasteiger partial charge in [0, 0.05) is 24.1 Å². The summed E-state index contributed by atoms with van der Waals surface area (Å²) < 4.78 is 13.4. The largest absolute Gasteiger partial charge is 0.486 e. The quantitative estimate of drug-likeness (QED) is 0.418. The molecule has 27 heavy (non-hydrogen) atoms. The molecule has 2 aromatic heterocycles. The fourth-order valence-corrected chi connectivity index (χ4v) is 3.93. The number of imidazole rings is 1. The normalized spacial score (nSPS) is 12.9. The summed E-state index contributed by atoms with van der Waals surface area (Å²) in [5.74, 6) is 4.43. The second-order valence-corrected chi connectivity index (χ2v) is 7.06. The number of benzene rings is 1. The molecule has 0 saturated heterocycles. The maximum atomic E-state index is 6.23. The number of nitrogen functional groups attached to an aromatic ring is 1. The third-order valence-electron chi connectivity index (χ3n) is 4.24. The highest BCUT2D eigenvalue weighted by molar-refractivity contribution is 7.99. The molecule has 0 atom stereocenters. The van der Waals surface area contributed by atoms with E-state index in [1.165, 1.54) is 11.8 Å². The van der Waals surface area contributed by atoms with Gasteiger partial charge in [-0.2, -0.15) is 0 Å². The van der Waals surface area contributed by atoms with Gasteiger partial charge >= 0.3 is 0 Å². The third-order valence-corrected chi connectivity index (χ3v) is 5.31. The second kappa shape index (κ2) is 7.45. The van der Waals surface area contributed by atoms with E-state index in [1.54, 1.807) is 12.3 Å². The Kier molecular flexibility index (Phi) is 4.86. The summed E-state index contributed by atoms with van der Waals surface area (Å²) in [6.07, 6.45) is 8.62. The van der Waals surface area contributed by atoms with Crippen LogP contribution < -0.4 is 20.7 Å². The van der Waals surface area contributed by atoms with E-state index in [1.807, 2.05) is 12.1 Å². The summed E-state index contributed by atoms with van der Waals surface area (Å²) in [6.45, 7) is 1.78. The van der Waals surface area contributed by atoms with Crippen LogP contribution in [0.15, 0.2) is 34.4 Å². The van der Waals surface area contributed by atoms with E-state index in [9.17, 15) is 0 Å². The fraction of sp³-hybridized carbons (Fsp3) is 0.263. The molecule has 0 aliphatic carbocycles. The molecule has 1 aliphatic rings. The van der Waals surface area contributed by atoms with Crippen LogP contribution in [0.1, 0.15) is 12.8 Å². The number of pyridine rings is 1. The number of fused-ring (bicyclic) bond motifs is 2. The van der Waals surface area contributed by atoms with Crippen molar-refractivity contribution >= 4 is 41.9 Å². The molecular weight excluding hydrogens is 359 g/mol. The summed E-state index contributed by atoms with van der Waals surface area (Å²) in [5, 5.41) is 0.782. The molecule has 3 aromatic rings. The zero-order chi connectivity index (χ0) is 18.8. The Labute approximate surface area is 162 Å². The van der Waals surface area contributed by atoms with E-state index >= 15 is 0 Å². The highest BCUT2D eigenvalue weighted by Gasteiger charge is 2.18. The van der Waals surface area contributed by atoms with Gasteiger partial charge in [-0.25, -0.2) is 9.97 Å². The van der Waals surface area contributed by atoms with Crippen molar-refractivity contribution < 1.29 is 9.47 Å². The number of nitrogens with two attached hydrogens (primary N) is 1. The van der Waals surface area contributed by atoms with Gasteiger partial charge in [-0.1, -0.05) is 17.2 Å². The highest BCUT2D eigenvalue weighted by Crippen LogP contribution is 2.36. The zero-order valence-electron chi connectivity index (χ0n) is 14.6. The van der Waals surface area contributed by atoms with E-state index < -0.39 is 0 Å². The standard InChI is InChI=1S/C19H17BN4O2S/c1-2-3-4-7-24-13-5-6-22-18(21)17(13)23-19(24)27-16-11-15-14(10-12(16)20)25-8-9-26-15/h1,5-6,10-11H,3-4,7-9H2,(H2,21,22). The Bertz CT molecular complexity index is 1040. The van der Waals surface area contributed by atoms with Crippen LogP contribution in [0.25, 0.3) is 11.0 Å². The number of hydrogen-bond acceptors (Lipinski definition) is 6. The van der Waals surface area contributed by atoms with Gasteiger partial charge in [0.05, 0.1) is 5.52 Å². The lowest BCUT2D eigenvalue weighted by Gasteiger charge is -2.20. The molecule has 0 fully saturated rings. The van der Waals surface area contributed by atoms with Gasteiger partial charge in [-0.3, -0.25) is 0 Å². The number of rotatable bonds is 5. The van der Waals surface area contributed by atoms with Crippen molar-refractivity contribution in [2.45, 2.75) is 29.4 Å². The second-order valence-electron chi connectivity index (χ2n) is 6.05. The van der Waals surface area contributed by atoms with Crippen LogP contribution in [0.2, 0.25) is 0 Å². The molecule has 1 aliphatic heterocycles. The maximum Gasteiger partial charge on any atom is 0.174 e. The molecule has 4 rings (SSSR count). The lowest BCUT2D eigenvalue weighted by Crippen LogP contribution is -2.18. The third kappa shape index (κ3) is 3.43. The minimum atomic E-state index is 0.403. The average Bonchev–Trinajstić information content (AvgIpc) is 3.01. The molecule has 8 heteroatoms. The van der Waals surface area contributed by atoms with Crippen LogP contribution in [0.4, 0.5) is 5.82 Å². The summed E-state index contributed by atoms with van der Waals surface area (Å²) in [6, 6.07) is 5.59. The number of aryl methyl sites for hydroxylation is 1. The van der Waals surface area contributed by atoms with Crippen molar-refractivity contribution in [1.82, 2.24) is 14.5 Å². The molecule has 6 nitrogen and oxygen atoms in total. The SMILES string of the molecule is [B]c1cc2c(cc1Sc1nc3c(N)nccc3n1CCCC#C)OCCO2. The van der Waals surface area contributed by atoms with E-state index in [2.05, 4.69) is 15.5 Å². The van der Waals surface area contributed by atoms with E-state index in [4.69, 9.17) is 34.5 Å². The number of hydrogen-bond donors (Lipinski definition) is 1. The molecule has 0 unspecified atom stereocenters. The Morgan fingerprint density at radius 2 is 2.07 bits per heavy atom. The van der Waals surface area contributed by atoms with Crippen LogP contribution in [0.3, 0.4) is 0 Å². The molecule has 0 spiro atoms. The zero-order valence-corrected chi connectivity index (χ0v) is 15.5. The first-order valence-corrected chi connectivity index (χ1v) is 9.40. The number of terminal acetylenes is 1. The van der Waals surface area contributed by atoms with Crippen molar-refractivity contribution in [3.63, 3.8) is 0 Å². The average molecular weight is 376 g/mol. The summed E-state index contributed by atoms with van der Waals surface area (Å²) >= 11 is 1.46. The Balaban J connectivity index is 1.74. The number of nitrogens with zero attached hydrogens (tertiary/aromatic N) is 3. The van der Waals surface area contributed by atoms with Gasteiger partial charge < -0.3 is 19.8 Å².